The van der Waals surface area contributed by atoms with Crippen molar-refractivity contribution in [1.29, 1.82) is 0 Å². The van der Waals surface area contributed by atoms with Crippen LogP contribution < -0.4 is 10.8 Å². The molecular weight excluding hydrogens is 298 g/mol. The van der Waals surface area contributed by atoms with Crippen molar-refractivity contribution < 1.29 is 10.7 Å². The molecule has 1 atom stereocenters. The van der Waals surface area contributed by atoms with Crippen molar-refractivity contribution >= 4 is 28.2 Å². The maximum Gasteiger partial charge on any atom is 0.162 e. The van der Waals surface area contributed by atoms with E-state index in [4.69, 9.17) is 11.6 Å². The highest BCUT2D eigenvalue weighted by Crippen LogP contribution is 2.34. The molecule has 4 nitrogen and oxygen atoms in total. The van der Waals surface area contributed by atoms with Crippen LogP contribution in [0.25, 0.3) is 10.9 Å². The summed E-state index contributed by atoms with van der Waals surface area (Å²) in [6.07, 6.45) is 0.984. The van der Waals surface area contributed by atoms with Crippen molar-refractivity contribution in [3.05, 3.63) is 64.3 Å². The lowest BCUT2D eigenvalue weighted by Gasteiger charge is -2.24. The van der Waals surface area contributed by atoms with E-state index < -0.39 is 0 Å². The van der Waals surface area contributed by atoms with E-state index in [9.17, 15) is 5.21 Å². The maximum atomic E-state index is 9.23. The van der Waals surface area contributed by atoms with Crippen molar-refractivity contribution in [3.8, 4) is 0 Å². The molecule has 0 aliphatic carbocycles. The molecule has 22 heavy (non-hydrogen) atoms. The fourth-order valence-corrected chi connectivity index (χ4v) is 3.48. The third-order valence-electron chi connectivity index (χ3n) is 4.31. The van der Waals surface area contributed by atoms with Crippen LogP contribution in [0.1, 0.15) is 22.9 Å². The Bertz CT molecular complexity index is 843. The SMILES string of the molecule is O[NH2+]c1cccc(C2NCCc3c2[nH]c2ccc(Cl)cc32)c1. The summed E-state index contributed by atoms with van der Waals surface area (Å²) in [6, 6.07) is 14.0. The Morgan fingerprint density at radius 2 is 2.09 bits per heavy atom. The number of hydrogen-bond acceptors (Lipinski definition) is 2. The molecular formula is C17H17ClN3O+. The highest BCUT2D eigenvalue weighted by molar-refractivity contribution is 6.31. The first-order chi connectivity index (χ1) is 10.8. The normalized spacial score (nSPS) is 17.6. The van der Waals surface area contributed by atoms with E-state index in [-0.39, 0.29) is 6.04 Å². The van der Waals surface area contributed by atoms with Gasteiger partial charge in [-0.15, -0.1) is 0 Å². The molecule has 4 rings (SSSR count). The van der Waals surface area contributed by atoms with Crippen LogP contribution in [0.4, 0.5) is 5.69 Å². The van der Waals surface area contributed by atoms with Crippen LogP contribution >= 0.6 is 11.6 Å². The molecule has 3 aromatic rings. The third-order valence-corrected chi connectivity index (χ3v) is 4.54. The molecule has 0 saturated carbocycles. The van der Waals surface area contributed by atoms with Gasteiger partial charge in [-0.1, -0.05) is 23.7 Å². The highest BCUT2D eigenvalue weighted by Gasteiger charge is 2.25. The molecule has 5 heteroatoms. The fraction of sp³-hybridized carbons (Fsp3) is 0.176. The zero-order valence-corrected chi connectivity index (χ0v) is 12.7. The van der Waals surface area contributed by atoms with E-state index >= 15 is 0 Å². The quantitative estimate of drug-likeness (QED) is 0.434. The van der Waals surface area contributed by atoms with E-state index in [1.54, 1.807) is 0 Å². The molecule has 0 spiro atoms. The molecule has 0 bridgehead atoms. The average Bonchev–Trinajstić information content (AvgIpc) is 2.93. The van der Waals surface area contributed by atoms with Gasteiger partial charge >= 0.3 is 0 Å². The summed E-state index contributed by atoms with van der Waals surface area (Å²) in [5.74, 6) is 0. The smallest absolute Gasteiger partial charge is 0.162 e. The van der Waals surface area contributed by atoms with Crippen molar-refractivity contribution in [3.63, 3.8) is 0 Å². The maximum absolute atomic E-state index is 9.23. The monoisotopic (exact) mass is 314 g/mol. The molecule has 1 aromatic heterocycles. The number of aromatic nitrogens is 1. The van der Waals surface area contributed by atoms with Crippen LogP contribution in [0.5, 0.6) is 0 Å². The standard InChI is InChI=1S/C17H16ClN3O/c18-11-4-5-15-14(9-11)13-6-7-19-16(17(13)20-15)10-2-1-3-12(8-10)21-22/h1-5,8-9,16,19-22H,6-7H2/p+1. The van der Waals surface area contributed by atoms with Gasteiger partial charge in [0.25, 0.3) is 0 Å². The van der Waals surface area contributed by atoms with Gasteiger partial charge in [0.05, 0.1) is 6.04 Å². The van der Waals surface area contributed by atoms with Crippen molar-refractivity contribution in [2.45, 2.75) is 12.5 Å². The Morgan fingerprint density at radius 3 is 2.95 bits per heavy atom. The van der Waals surface area contributed by atoms with Crippen LogP contribution in [0.2, 0.25) is 5.02 Å². The van der Waals surface area contributed by atoms with E-state index in [0.29, 0.717) is 0 Å². The number of rotatable bonds is 2. The molecule has 0 saturated heterocycles. The zero-order valence-electron chi connectivity index (χ0n) is 11.9. The predicted molar refractivity (Wildman–Crippen MR) is 86.7 cm³/mol. The minimum Gasteiger partial charge on any atom is -0.357 e. The van der Waals surface area contributed by atoms with Gasteiger partial charge in [-0.2, -0.15) is 5.48 Å². The van der Waals surface area contributed by atoms with E-state index in [2.05, 4.69) is 16.4 Å². The van der Waals surface area contributed by atoms with Crippen LogP contribution in [0.15, 0.2) is 42.5 Å². The molecule has 2 heterocycles. The van der Waals surface area contributed by atoms with Gasteiger partial charge in [-0.3, -0.25) is 0 Å². The number of nitrogens with one attached hydrogen (secondary N) is 2. The van der Waals surface area contributed by atoms with E-state index in [1.807, 2.05) is 36.4 Å². The largest absolute Gasteiger partial charge is 0.357 e. The van der Waals surface area contributed by atoms with Gasteiger partial charge in [0, 0.05) is 40.3 Å². The molecule has 0 radical (unpaired) electrons. The molecule has 1 unspecified atom stereocenters. The van der Waals surface area contributed by atoms with Crippen LogP contribution in [-0.4, -0.2) is 16.7 Å². The Hall–Kier alpha value is -1.85. The number of H-pyrrole nitrogens is 1. The molecule has 2 aromatic carbocycles. The number of fused-ring (bicyclic) bond motifs is 3. The summed E-state index contributed by atoms with van der Waals surface area (Å²) in [4.78, 5) is 3.54. The molecule has 1 aliphatic heterocycles. The molecule has 112 valence electrons. The second-order valence-electron chi connectivity index (χ2n) is 5.64. The topological polar surface area (TPSA) is 64.7 Å². The molecule has 0 fully saturated rings. The minimum absolute atomic E-state index is 0.106. The molecule has 5 N–H and O–H groups in total. The van der Waals surface area contributed by atoms with Crippen LogP contribution in [0.3, 0.4) is 0 Å². The number of halogens is 1. The highest BCUT2D eigenvalue weighted by atomic mass is 35.5. The summed E-state index contributed by atoms with van der Waals surface area (Å²) in [5, 5.41) is 14.8. The number of nitrogens with two attached hydrogens (primary N) is 1. The average molecular weight is 315 g/mol. The van der Waals surface area contributed by atoms with Crippen molar-refractivity contribution in [1.82, 2.24) is 10.3 Å². The number of aromatic amines is 1. The van der Waals surface area contributed by atoms with Crippen LogP contribution in [0, 0.1) is 0 Å². The van der Waals surface area contributed by atoms with Gasteiger partial charge < -0.3 is 10.3 Å². The lowest BCUT2D eigenvalue weighted by Crippen LogP contribution is -2.73. The van der Waals surface area contributed by atoms with Crippen molar-refractivity contribution in [2.24, 2.45) is 0 Å². The number of hydrogen-bond donors (Lipinski definition) is 4. The Balaban J connectivity index is 1.86. The third kappa shape index (κ3) is 2.21. The van der Waals surface area contributed by atoms with E-state index in [0.717, 1.165) is 40.2 Å². The second kappa shape index (κ2) is 5.41. The summed E-state index contributed by atoms with van der Waals surface area (Å²) >= 11 is 6.15. The first-order valence-corrected chi connectivity index (χ1v) is 7.75. The second-order valence-corrected chi connectivity index (χ2v) is 6.08. The Labute approximate surface area is 133 Å². The summed E-state index contributed by atoms with van der Waals surface area (Å²) in [6.45, 7) is 0.921. The number of quaternary nitrogens is 1. The lowest BCUT2D eigenvalue weighted by molar-refractivity contribution is -0.825. The summed E-state index contributed by atoms with van der Waals surface area (Å²) in [7, 11) is 0. The van der Waals surface area contributed by atoms with Gasteiger partial charge in [-0.05, 0) is 35.7 Å². The summed E-state index contributed by atoms with van der Waals surface area (Å²) < 4.78 is 0. The number of benzene rings is 2. The van der Waals surface area contributed by atoms with Gasteiger partial charge in [0.15, 0.2) is 5.69 Å². The van der Waals surface area contributed by atoms with Crippen LogP contribution in [-0.2, 0) is 6.42 Å². The molecule has 1 aliphatic rings. The first-order valence-electron chi connectivity index (χ1n) is 7.37. The predicted octanol–water partition coefficient (Wildman–Crippen LogP) is 2.64. The van der Waals surface area contributed by atoms with Gasteiger partial charge in [-0.25, -0.2) is 5.21 Å². The van der Waals surface area contributed by atoms with Gasteiger partial charge in [0.1, 0.15) is 0 Å². The Kier molecular flexibility index (Phi) is 3.39. The molecule has 0 amide bonds. The zero-order chi connectivity index (χ0) is 15.1. The van der Waals surface area contributed by atoms with E-state index in [1.165, 1.54) is 16.6 Å². The first kappa shape index (κ1) is 13.8. The minimum atomic E-state index is 0.106. The van der Waals surface area contributed by atoms with Gasteiger partial charge in [0.2, 0.25) is 0 Å². The summed E-state index contributed by atoms with van der Waals surface area (Å²) in [5.41, 5.74) is 6.73. The fourth-order valence-electron chi connectivity index (χ4n) is 3.30. The lowest BCUT2D eigenvalue weighted by atomic mass is 9.94. The Morgan fingerprint density at radius 1 is 1.18 bits per heavy atom. The van der Waals surface area contributed by atoms with Crippen molar-refractivity contribution in [2.75, 3.05) is 6.54 Å².